The van der Waals surface area contributed by atoms with Crippen LogP contribution in [0, 0.1) is 5.92 Å². The Morgan fingerprint density at radius 2 is 2.18 bits per heavy atom. The average Bonchev–Trinajstić information content (AvgIpc) is 2.34. The fourth-order valence-corrected chi connectivity index (χ4v) is 1.98. The lowest BCUT2D eigenvalue weighted by Crippen LogP contribution is -2.47. The second-order valence-electron chi connectivity index (χ2n) is 4.35. The Bertz CT molecular complexity index is 271. The molecule has 0 aromatic carbocycles. The molecule has 17 heavy (non-hydrogen) atoms. The fourth-order valence-electron chi connectivity index (χ4n) is 1.98. The summed E-state index contributed by atoms with van der Waals surface area (Å²) < 4.78 is 0. The van der Waals surface area contributed by atoms with Gasteiger partial charge in [-0.15, -0.1) is 0 Å². The fraction of sp³-hybridized carbons (Fsp3) is 0.818. The number of hydrogen-bond donors (Lipinski definition) is 3. The summed E-state index contributed by atoms with van der Waals surface area (Å²) in [5, 5.41) is 11.4. The number of nitrogens with zero attached hydrogens (tertiary/aromatic N) is 1. The van der Waals surface area contributed by atoms with Crippen LogP contribution in [-0.2, 0) is 4.79 Å². The largest absolute Gasteiger partial charge is 0.396 e. The van der Waals surface area contributed by atoms with Crippen molar-refractivity contribution in [3.63, 3.8) is 0 Å². The van der Waals surface area contributed by atoms with Gasteiger partial charge in [0.05, 0.1) is 5.92 Å². The molecule has 4 N–H and O–H groups in total. The van der Waals surface area contributed by atoms with E-state index in [-0.39, 0.29) is 18.4 Å². The van der Waals surface area contributed by atoms with Crippen molar-refractivity contribution < 1.29 is 14.7 Å². The highest BCUT2D eigenvalue weighted by Crippen LogP contribution is 2.16. The highest BCUT2D eigenvalue weighted by atomic mass is 16.3. The normalized spacial score (nSPS) is 20.1. The predicted molar refractivity (Wildman–Crippen MR) is 63.2 cm³/mol. The number of amides is 3. The summed E-state index contributed by atoms with van der Waals surface area (Å²) in [4.78, 5) is 24.3. The second kappa shape index (κ2) is 7.11. The van der Waals surface area contributed by atoms with Crippen LogP contribution >= 0.6 is 0 Å². The van der Waals surface area contributed by atoms with Gasteiger partial charge in [-0.05, 0) is 25.7 Å². The van der Waals surface area contributed by atoms with E-state index in [2.05, 4.69) is 5.32 Å². The summed E-state index contributed by atoms with van der Waals surface area (Å²) in [7, 11) is 0. The molecular weight excluding hydrogens is 222 g/mol. The van der Waals surface area contributed by atoms with Crippen molar-refractivity contribution in [2.24, 2.45) is 11.7 Å². The predicted octanol–water partition coefficient (Wildman–Crippen LogP) is -0.334. The number of carbonyl (C=O) groups excluding carboxylic acids is 2. The van der Waals surface area contributed by atoms with E-state index in [0.717, 1.165) is 19.3 Å². The van der Waals surface area contributed by atoms with Gasteiger partial charge in [0.2, 0.25) is 5.91 Å². The van der Waals surface area contributed by atoms with E-state index in [1.165, 1.54) is 4.90 Å². The molecule has 1 unspecified atom stereocenters. The topological polar surface area (TPSA) is 95.7 Å². The molecule has 1 fully saturated rings. The number of aliphatic hydroxyl groups excluding tert-OH is 1. The number of rotatable bonds is 5. The smallest absolute Gasteiger partial charge is 0.314 e. The van der Waals surface area contributed by atoms with Gasteiger partial charge in [0.15, 0.2) is 0 Å². The molecular formula is C11H21N3O3. The lowest BCUT2D eigenvalue weighted by molar-refractivity contribution is -0.126. The Morgan fingerprint density at radius 3 is 2.82 bits per heavy atom. The number of piperidine rings is 1. The Morgan fingerprint density at radius 1 is 1.41 bits per heavy atom. The van der Waals surface area contributed by atoms with Crippen LogP contribution in [0.25, 0.3) is 0 Å². The van der Waals surface area contributed by atoms with Gasteiger partial charge >= 0.3 is 6.03 Å². The molecule has 0 spiro atoms. The minimum atomic E-state index is -0.456. The number of urea groups is 1. The molecule has 98 valence electrons. The van der Waals surface area contributed by atoms with Crippen LogP contribution in [0.2, 0.25) is 0 Å². The third-order valence-corrected chi connectivity index (χ3v) is 2.99. The quantitative estimate of drug-likeness (QED) is 0.577. The molecule has 0 radical (unpaired) electrons. The van der Waals surface area contributed by atoms with Crippen LogP contribution in [0.3, 0.4) is 0 Å². The van der Waals surface area contributed by atoms with Crippen LogP contribution in [0.4, 0.5) is 4.79 Å². The van der Waals surface area contributed by atoms with Gasteiger partial charge in [-0.1, -0.05) is 0 Å². The molecule has 0 saturated carbocycles. The van der Waals surface area contributed by atoms with E-state index < -0.39 is 6.03 Å². The molecule has 3 amide bonds. The summed E-state index contributed by atoms with van der Waals surface area (Å²) >= 11 is 0. The standard InChI is InChI=1S/C11H21N3O3/c12-11(17)14-6-3-4-9(8-14)10(16)13-5-1-2-7-15/h9,15H,1-8H2,(H2,12,17)(H,13,16). The number of hydrogen-bond acceptors (Lipinski definition) is 3. The molecule has 0 aliphatic carbocycles. The number of carbonyl (C=O) groups is 2. The van der Waals surface area contributed by atoms with E-state index in [0.29, 0.717) is 26.1 Å². The molecule has 6 nitrogen and oxygen atoms in total. The molecule has 1 atom stereocenters. The van der Waals surface area contributed by atoms with Crippen molar-refractivity contribution in [3.05, 3.63) is 0 Å². The first kappa shape index (κ1) is 13.8. The first-order valence-electron chi connectivity index (χ1n) is 6.08. The van der Waals surface area contributed by atoms with Crippen LogP contribution in [-0.4, -0.2) is 48.2 Å². The molecule has 1 rings (SSSR count). The number of unbranched alkanes of at least 4 members (excludes halogenated alkanes) is 1. The van der Waals surface area contributed by atoms with Gasteiger partial charge in [0, 0.05) is 26.2 Å². The van der Waals surface area contributed by atoms with Crippen molar-refractivity contribution >= 4 is 11.9 Å². The molecule has 1 aliphatic rings. The monoisotopic (exact) mass is 243 g/mol. The lowest BCUT2D eigenvalue weighted by atomic mass is 9.97. The molecule has 1 saturated heterocycles. The summed E-state index contributed by atoms with van der Waals surface area (Å²) in [6.45, 7) is 1.78. The van der Waals surface area contributed by atoms with Crippen molar-refractivity contribution in [2.75, 3.05) is 26.2 Å². The van der Waals surface area contributed by atoms with Crippen LogP contribution in [0.15, 0.2) is 0 Å². The Hall–Kier alpha value is -1.30. The zero-order chi connectivity index (χ0) is 12.7. The molecule has 0 bridgehead atoms. The maximum absolute atomic E-state index is 11.8. The summed E-state index contributed by atoms with van der Waals surface area (Å²) in [6.07, 6.45) is 3.08. The molecule has 1 aliphatic heterocycles. The van der Waals surface area contributed by atoms with Crippen molar-refractivity contribution in [1.82, 2.24) is 10.2 Å². The average molecular weight is 243 g/mol. The highest BCUT2D eigenvalue weighted by molar-refractivity contribution is 5.80. The Labute approximate surface area is 101 Å². The zero-order valence-electron chi connectivity index (χ0n) is 10.0. The third-order valence-electron chi connectivity index (χ3n) is 2.99. The van der Waals surface area contributed by atoms with Gasteiger partial charge in [-0.3, -0.25) is 4.79 Å². The van der Waals surface area contributed by atoms with Crippen molar-refractivity contribution in [1.29, 1.82) is 0 Å². The summed E-state index contributed by atoms with van der Waals surface area (Å²) in [5.41, 5.74) is 5.20. The third kappa shape index (κ3) is 4.60. The highest BCUT2D eigenvalue weighted by Gasteiger charge is 2.26. The van der Waals surface area contributed by atoms with E-state index in [9.17, 15) is 9.59 Å². The minimum absolute atomic E-state index is 0.0195. The first-order chi connectivity index (χ1) is 8.15. The molecule has 0 aromatic rings. The Kier molecular flexibility index (Phi) is 5.76. The number of likely N-dealkylation sites (tertiary alicyclic amines) is 1. The summed E-state index contributed by atoms with van der Waals surface area (Å²) in [6, 6.07) is -0.456. The van der Waals surface area contributed by atoms with Crippen molar-refractivity contribution in [2.45, 2.75) is 25.7 Å². The SMILES string of the molecule is NC(=O)N1CCCC(C(=O)NCCCCO)C1. The Balaban J connectivity index is 2.28. The van der Waals surface area contributed by atoms with Crippen LogP contribution in [0.1, 0.15) is 25.7 Å². The van der Waals surface area contributed by atoms with E-state index >= 15 is 0 Å². The maximum Gasteiger partial charge on any atom is 0.314 e. The number of primary amides is 1. The zero-order valence-corrected chi connectivity index (χ0v) is 10.0. The summed E-state index contributed by atoms with van der Waals surface area (Å²) in [5.74, 6) is -0.167. The maximum atomic E-state index is 11.8. The van der Waals surface area contributed by atoms with Gasteiger partial charge in [-0.2, -0.15) is 0 Å². The molecule has 6 heteroatoms. The van der Waals surface area contributed by atoms with Crippen molar-refractivity contribution in [3.8, 4) is 0 Å². The van der Waals surface area contributed by atoms with Gasteiger partial charge in [0.1, 0.15) is 0 Å². The molecule has 0 aromatic heterocycles. The van der Waals surface area contributed by atoms with E-state index in [1.807, 2.05) is 0 Å². The lowest BCUT2D eigenvalue weighted by Gasteiger charge is -2.30. The first-order valence-corrected chi connectivity index (χ1v) is 6.08. The van der Waals surface area contributed by atoms with Gasteiger partial charge < -0.3 is 21.1 Å². The molecule has 1 heterocycles. The van der Waals surface area contributed by atoms with Crippen LogP contribution in [0.5, 0.6) is 0 Å². The van der Waals surface area contributed by atoms with Gasteiger partial charge in [-0.25, -0.2) is 4.79 Å². The van der Waals surface area contributed by atoms with Crippen LogP contribution < -0.4 is 11.1 Å². The minimum Gasteiger partial charge on any atom is -0.396 e. The number of nitrogens with one attached hydrogen (secondary N) is 1. The van der Waals surface area contributed by atoms with E-state index in [4.69, 9.17) is 10.8 Å². The van der Waals surface area contributed by atoms with E-state index in [1.54, 1.807) is 0 Å². The number of aliphatic hydroxyl groups is 1. The van der Waals surface area contributed by atoms with Gasteiger partial charge in [0.25, 0.3) is 0 Å². The number of nitrogens with two attached hydrogens (primary N) is 1. The second-order valence-corrected chi connectivity index (χ2v) is 4.35.